The molecule has 1 aromatic rings. The molecular weight excluding hydrogens is 244 g/mol. The van der Waals surface area contributed by atoms with E-state index in [9.17, 15) is 22.4 Å². The molecule has 0 amide bonds. The highest BCUT2D eigenvalue weighted by Gasteiger charge is 2.32. The summed E-state index contributed by atoms with van der Waals surface area (Å²) in [5, 5.41) is 3.22. The number of hydrogen-bond acceptors (Lipinski definition) is 3. The van der Waals surface area contributed by atoms with E-state index in [-0.39, 0.29) is 6.61 Å². The Bertz CT molecular complexity index is 417. The minimum atomic E-state index is -3.12. The summed E-state index contributed by atoms with van der Waals surface area (Å²) in [6.07, 6.45) is -6.20. The Hall–Kier alpha value is -1.60. The van der Waals surface area contributed by atoms with Crippen molar-refractivity contribution in [2.45, 2.75) is 19.8 Å². The van der Waals surface area contributed by atoms with Crippen LogP contribution in [-0.4, -0.2) is 22.4 Å². The second kappa shape index (κ2) is 5.15. The van der Waals surface area contributed by atoms with E-state index in [1.54, 1.807) is 0 Å². The first-order valence-electron chi connectivity index (χ1n) is 4.70. The van der Waals surface area contributed by atoms with Gasteiger partial charge in [0.2, 0.25) is 0 Å². The van der Waals surface area contributed by atoms with Crippen LogP contribution in [0.15, 0.2) is 0 Å². The molecule has 1 rings (SSSR count). The van der Waals surface area contributed by atoms with Crippen molar-refractivity contribution in [1.29, 1.82) is 0 Å². The zero-order valence-electron chi connectivity index (χ0n) is 9.08. The summed E-state index contributed by atoms with van der Waals surface area (Å²) < 4.78 is 55.4. The second-order valence-electron chi connectivity index (χ2n) is 3.09. The van der Waals surface area contributed by atoms with Crippen LogP contribution in [0.4, 0.5) is 17.6 Å². The molecule has 0 aliphatic rings. The summed E-state index contributed by atoms with van der Waals surface area (Å²) in [5.74, 6) is -1.22. The molecule has 8 heteroatoms. The van der Waals surface area contributed by atoms with Crippen LogP contribution in [-0.2, 0) is 11.8 Å². The average Bonchev–Trinajstić information content (AvgIpc) is 2.56. The number of aryl methyl sites for hydroxylation is 1. The molecule has 1 heterocycles. The van der Waals surface area contributed by atoms with Gasteiger partial charge in [0.1, 0.15) is 17.0 Å². The van der Waals surface area contributed by atoms with Crippen molar-refractivity contribution in [2.24, 2.45) is 7.05 Å². The lowest BCUT2D eigenvalue weighted by Crippen LogP contribution is -2.11. The monoisotopic (exact) mass is 254 g/mol. The fourth-order valence-electron chi connectivity index (χ4n) is 1.37. The molecule has 4 nitrogen and oxygen atoms in total. The van der Waals surface area contributed by atoms with Crippen LogP contribution in [0.1, 0.15) is 41.5 Å². The van der Waals surface area contributed by atoms with Crippen molar-refractivity contribution < 1.29 is 27.1 Å². The average molecular weight is 254 g/mol. The quantitative estimate of drug-likeness (QED) is 0.612. The number of aromatic nitrogens is 2. The van der Waals surface area contributed by atoms with E-state index in [1.807, 2.05) is 0 Å². The molecule has 17 heavy (non-hydrogen) atoms. The van der Waals surface area contributed by atoms with E-state index in [4.69, 9.17) is 0 Å². The van der Waals surface area contributed by atoms with Gasteiger partial charge in [-0.3, -0.25) is 4.68 Å². The van der Waals surface area contributed by atoms with E-state index < -0.39 is 35.8 Å². The lowest BCUT2D eigenvalue weighted by molar-refractivity contribution is 0.0503. The highest BCUT2D eigenvalue weighted by molar-refractivity contribution is 5.92. The van der Waals surface area contributed by atoms with Gasteiger partial charge in [-0.1, -0.05) is 0 Å². The lowest BCUT2D eigenvalue weighted by Gasteiger charge is -2.05. The normalized spacial score (nSPS) is 11.3. The summed E-state index contributed by atoms with van der Waals surface area (Å²) in [4.78, 5) is 11.4. The van der Waals surface area contributed by atoms with Crippen molar-refractivity contribution in [3.8, 4) is 0 Å². The van der Waals surface area contributed by atoms with Gasteiger partial charge in [-0.15, -0.1) is 0 Å². The van der Waals surface area contributed by atoms with Crippen molar-refractivity contribution in [1.82, 2.24) is 9.78 Å². The second-order valence-corrected chi connectivity index (χ2v) is 3.09. The molecule has 0 aliphatic carbocycles. The Morgan fingerprint density at radius 2 is 1.94 bits per heavy atom. The SMILES string of the molecule is CCOC(=O)c1c(C(F)F)nn(C)c1C(F)F. The van der Waals surface area contributed by atoms with Gasteiger partial charge >= 0.3 is 5.97 Å². The molecule has 0 unspecified atom stereocenters. The van der Waals surface area contributed by atoms with Crippen LogP contribution < -0.4 is 0 Å². The molecule has 0 saturated carbocycles. The molecule has 0 N–H and O–H groups in total. The minimum absolute atomic E-state index is 0.0981. The largest absolute Gasteiger partial charge is 0.462 e. The molecule has 0 fully saturated rings. The molecule has 0 saturated heterocycles. The minimum Gasteiger partial charge on any atom is -0.462 e. The van der Waals surface area contributed by atoms with E-state index in [0.717, 1.165) is 7.05 Å². The summed E-state index contributed by atoms with van der Waals surface area (Å²) >= 11 is 0. The van der Waals surface area contributed by atoms with Gasteiger partial charge in [0.05, 0.1) is 6.61 Å². The zero-order valence-corrected chi connectivity index (χ0v) is 9.08. The van der Waals surface area contributed by atoms with Gasteiger partial charge in [0.15, 0.2) is 0 Å². The van der Waals surface area contributed by atoms with Crippen molar-refractivity contribution in [2.75, 3.05) is 6.61 Å². The maximum absolute atomic E-state index is 12.7. The Balaban J connectivity index is 3.35. The number of halogens is 4. The number of esters is 1. The van der Waals surface area contributed by atoms with Gasteiger partial charge in [-0.2, -0.15) is 5.10 Å². The van der Waals surface area contributed by atoms with Gasteiger partial charge < -0.3 is 4.74 Å². The number of carbonyl (C=O) groups excluding carboxylic acids is 1. The third-order valence-electron chi connectivity index (χ3n) is 2.01. The molecule has 0 aliphatic heterocycles. The predicted molar refractivity (Wildman–Crippen MR) is 49.1 cm³/mol. The standard InChI is InChI=1S/C9H10F4N2O2/c1-3-17-9(16)4-5(7(10)11)14-15(2)6(4)8(12)13/h7-8H,3H2,1-2H3. The summed E-state index contributed by atoms with van der Waals surface area (Å²) in [6.45, 7) is 1.34. The summed E-state index contributed by atoms with van der Waals surface area (Å²) in [6, 6.07) is 0. The number of hydrogen-bond donors (Lipinski definition) is 0. The van der Waals surface area contributed by atoms with E-state index in [2.05, 4.69) is 9.84 Å². The number of carbonyl (C=O) groups is 1. The van der Waals surface area contributed by atoms with Crippen LogP contribution in [0.3, 0.4) is 0 Å². The first kappa shape index (κ1) is 13.5. The summed E-state index contributed by atoms with van der Waals surface area (Å²) in [5.41, 5.74) is -2.70. The zero-order chi connectivity index (χ0) is 13.2. The van der Waals surface area contributed by atoms with Crippen LogP contribution in [0.2, 0.25) is 0 Å². The highest BCUT2D eigenvalue weighted by Crippen LogP contribution is 2.30. The fraction of sp³-hybridized carbons (Fsp3) is 0.556. The third kappa shape index (κ3) is 2.56. The van der Waals surface area contributed by atoms with Crippen LogP contribution in [0.25, 0.3) is 0 Å². The van der Waals surface area contributed by atoms with E-state index in [1.165, 1.54) is 6.92 Å². The van der Waals surface area contributed by atoms with Crippen molar-refractivity contribution >= 4 is 5.97 Å². The summed E-state index contributed by atoms with van der Waals surface area (Å²) in [7, 11) is 1.07. The van der Waals surface area contributed by atoms with Crippen LogP contribution in [0.5, 0.6) is 0 Å². The van der Waals surface area contributed by atoms with E-state index >= 15 is 0 Å². The van der Waals surface area contributed by atoms with Gasteiger partial charge in [0, 0.05) is 7.05 Å². The Kier molecular flexibility index (Phi) is 4.08. The first-order valence-corrected chi connectivity index (χ1v) is 4.70. The number of ether oxygens (including phenoxy) is 1. The fourth-order valence-corrected chi connectivity index (χ4v) is 1.37. The van der Waals surface area contributed by atoms with Gasteiger partial charge in [-0.25, -0.2) is 22.4 Å². The lowest BCUT2D eigenvalue weighted by atomic mass is 10.2. The maximum Gasteiger partial charge on any atom is 0.342 e. The maximum atomic E-state index is 12.7. The first-order chi connectivity index (χ1) is 7.90. The molecule has 0 aromatic carbocycles. The number of alkyl halides is 4. The Morgan fingerprint density at radius 1 is 1.35 bits per heavy atom. The predicted octanol–water partition coefficient (Wildman–Crippen LogP) is 2.47. The molecule has 96 valence electrons. The Morgan fingerprint density at radius 3 is 2.35 bits per heavy atom. The number of rotatable bonds is 4. The molecule has 0 bridgehead atoms. The molecular formula is C9H10F4N2O2. The molecule has 0 atom stereocenters. The van der Waals surface area contributed by atoms with Crippen LogP contribution >= 0.6 is 0 Å². The highest BCUT2D eigenvalue weighted by atomic mass is 19.3. The van der Waals surface area contributed by atoms with Crippen molar-refractivity contribution in [3.63, 3.8) is 0 Å². The van der Waals surface area contributed by atoms with Crippen molar-refractivity contribution in [3.05, 3.63) is 17.0 Å². The Labute approximate surface area is 94.2 Å². The number of nitrogens with zero attached hydrogens (tertiary/aromatic N) is 2. The molecule has 1 aromatic heterocycles. The van der Waals surface area contributed by atoms with Crippen LogP contribution in [0, 0.1) is 0 Å². The van der Waals surface area contributed by atoms with Gasteiger partial charge in [0.25, 0.3) is 12.9 Å². The smallest absolute Gasteiger partial charge is 0.342 e. The van der Waals surface area contributed by atoms with Gasteiger partial charge in [-0.05, 0) is 6.92 Å². The van der Waals surface area contributed by atoms with E-state index in [0.29, 0.717) is 4.68 Å². The topological polar surface area (TPSA) is 44.1 Å². The molecule has 0 radical (unpaired) electrons. The molecule has 0 spiro atoms. The third-order valence-corrected chi connectivity index (χ3v) is 2.01.